The fraction of sp³-hybridized carbons (Fsp3) is 0.353. The summed E-state index contributed by atoms with van der Waals surface area (Å²) in [5.41, 5.74) is 6.89. The van der Waals surface area contributed by atoms with Crippen LogP contribution in [0.1, 0.15) is 28.1 Å². The van der Waals surface area contributed by atoms with E-state index in [1.54, 1.807) is 11.3 Å². The molecule has 1 aromatic carbocycles. The molecular weight excluding hydrogens is 280 g/mol. The summed E-state index contributed by atoms with van der Waals surface area (Å²) in [6, 6.07) is 13.8. The summed E-state index contributed by atoms with van der Waals surface area (Å²) >= 11 is 1.78. The van der Waals surface area contributed by atoms with Crippen molar-refractivity contribution in [2.75, 3.05) is 19.6 Å². The van der Waals surface area contributed by atoms with Crippen molar-refractivity contribution in [1.29, 1.82) is 0 Å². The minimum Gasteiger partial charge on any atom is -0.339 e. The first-order valence-electron chi connectivity index (χ1n) is 7.33. The van der Waals surface area contributed by atoms with Gasteiger partial charge < -0.3 is 10.6 Å². The summed E-state index contributed by atoms with van der Waals surface area (Å²) < 4.78 is 0. The lowest BCUT2D eigenvalue weighted by molar-refractivity contribution is 0.0672. The third kappa shape index (κ3) is 2.74. The van der Waals surface area contributed by atoms with Crippen molar-refractivity contribution in [2.24, 2.45) is 5.73 Å². The van der Waals surface area contributed by atoms with Gasteiger partial charge in [0, 0.05) is 35.5 Å². The van der Waals surface area contributed by atoms with Crippen LogP contribution < -0.4 is 5.73 Å². The molecule has 1 aliphatic rings. The predicted molar refractivity (Wildman–Crippen MR) is 86.6 cm³/mol. The number of nitrogens with two attached hydrogens (primary N) is 1. The van der Waals surface area contributed by atoms with Gasteiger partial charge in [-0.15, -0.1) is 11.3 Å². The highest BCUT2D eigenvalue weighted by molar-refractivity contribution is 7.10. The summed E-state index contributed by atoms with van der Waals surface area (Å²) in [4.78, 5) is 15.8. The van der Waals surface area contributed by atoms with E-state index < -0.39 is 0 Å². The van der Waals surface area contributed by atoms with Crippen LogP contribution in [0.15, 0.2) is 47.8 Å². The van der Waals surface area contributed by atoms with Crippen LogP contribution in [0.5, 0.6) is 0 Å². The van der Waals surface area contributed by atoms with Crippen molar-refractivity contribution in [3.8, 4) is 0 Å². The maximum Gasteiger partial charge on any atom is 0.253 e. The second-order valence-corrected chi connectivity index (χ2v) is 6.57. The Hall–Kier alpha value is -1.65. The summed E-state index contributed by atoms with van der Waals surface area (Å²) in [6.45, 7) is 2.21. The van der Waals surface area contributed by atoms with Crippen molar-refractivity contribution >= 4 is 17.2 Å². The van der Waals surface area contributed by atoms with Crippen LogP contribution >= 0.6 is 11.3 Å². The molecule has 3 rings (SSSR count). The lowest BCUT2D eigenvalue weighted by atomic mass is 9.77. The number of benzene rings is 1. The predicted octanol–water partition coefficient (Wildman–Crippen LogP) is 2.88. The molecule has 0 aliphatic carbocycles. The zero-order chi connectivity index (χ0) is 14.7. The van der Waals surface area contributed by atoms with Gasteiger partial charge in [0.25, 0.3) is 5.91 Å². The molecule has 2 aromatic rings. The van der Waals surface area contributed by atoms with Crippen LogP contribution in [-0.2, 0) is 5.41 Å². The Morgan fingerprint density at radius 1 is 1.14 bits per heavy atom. The first-order chi connectivity index (χ1) is 10.2. The van der Waals surface area contributed by atoms with Crippen LogP contribution in [0.25, 0.3) is 0 Å². The minimum atomic E-state index is 0.0572. The summed E-state index contributed by atoms with van der Waals surface area (Å²) in [5.74, 6) is 0.132. The van der Waals surface area contributed by atoms with E-state index in [-0.39, 0.29) is 11.3 Å². The molecule has 2 heterocycles. The molecule has 3 nitrogen and oxygen atoms in total. The van der Waals surface area contributed by atoms with E-state index in [9.17, 15) is 4.79 Å². The molecule has 1 aliphatic heterocycles. The third-order valence-corrected chi connectivity index (χ3v) is 5.58. The molecule has 1 saturated heterocycles. The molecule has 1 aromatic heterocycles. The minimum absolute atomic E-state index is 0.0572. The van der Waals surface area contributed by atoms with Crippen molar-refractivity contribution in [2.45, 2.75) is 18.3 Å². The van der Waals surface area contributed by atoms with Gasteiger partial charge in [-0.05, 0) is 36.4 Å². The number of thiophene rings is 1. The molecule has 0 saturated carbocycles. The maximum atomic E-state index is 12.5. The van der Waals surface area contributed by atoms with Crippen LogP contribution in [0.2, 0.25) is 0 Å². The average molecular weight is 300 g/mol. The summed E-state index contributed by atoms with van der Waals surface area (Å²) in [5, 5.41) is 2.11. The monoisotopic (exact) mass is 300 g/mol. The number of nitrogens with zero attached hydrogens (tertiary/aromatic N) is 1. The van der Waals surface area contributed by atoms with Gasteiger partial charge >= 0.3 is 0 Å². The maximum absolute atomic E-state index is 12.5. The van der Waals surface area contributed by atoms with Gasteiger partial charge in [-0.25, -0.2) is 0 Å². The fourth-order valence-corrected chi connectivity index (χ4v) is 4.03. The standard InChI is InChI=1S/C17H20N2OS/c18-13-17(15-7-4-12-21-15)8-10-19(11-9-17)16(20)14-5-2-1-3-6-14/h1-7,12H,8-11,13,18H2. The number of hydrogen-bond donors (Lipinski definition) is 1. The zero-order valence-corrected chi connectivity index (χ0v) is 12.8. The molecule has 0 unspecified atom stereocenters. The van der Waals surface area contributed by atoms with E-state index in [0.29, 0.717) is 6.54 Å². The molecule has 0 radical (unpaired) electrons. The lowest BCUT2D eigenvalue weighted by Crippen LogP contribution is -2.48. The van der Waals surface area contributed by atoms with Crippen molar-refractivity contribution in [3.63, 3.8) is 0 Å². The van der Waals surface area contributed by atoms with Crippen molar-refractivity contribution < 1.29 is 4.79 Å². The molecule has 21 heavy (non-hydrogen) atoms. The second kappa shape index (κ2) is 6.00. The first kappa shape index (κ1) is 14.3. The molecule has 1 amide bonds. The molecule has 1 fully saturated rings. The number of likely N-dealkylation sites (tertiary alicyclic amines) is 1. The van der Waals surface area contributed by atoms with Gasteiger partial charge in [0.2, 0.25) is 0 Å². The quantitative estimate of drug-likeness (QED) is 0.947. The highest BCUT2D eigenvalue weighted by Gasteiger charge is 2.37. The van der Waals surface area contributed by atoms with Gasteiger partial charge in [-0.1, -0.05) is 24.3 Å². The van der Waals surface area contributed by atoms with E-state index in [0.717, 1.165) is 31.5 Å². The number of hydrogen-bond acceptors (Lipinski definition) is 3. The molecule has 0 spiro atoms. The summed E-state index contributed by atoms with van der Waals surface area (Å²) in [6.07, 6.45) is 1.89. The number of piperidine rings is 1. The lowest BCUT2D eigenvalue weighted by Gasteiger charge is -2.40. The molecule has 0 bridgehead atoms. The number of rotatable bonds is 3. The largest absolute Gasteiger partial charge is 0.339 e. The third-order valence-electron chi connectivity index (χ3n) is 4.46. The SMILES string of the molecule is NCC1(c2cccs2)CCN(C(=O)c2ccccc2)CC1. The van der Waals surface area contributed by atoms with Crippen LogP contribution in [0, 0.1) is 0 Å². The first-order valence-corrected chi connectivity index (χ1v) is 8.21. The Balaban J connectivity index is 1.71. The van der Waals surface area contributed by atoms with Gasteiger partial charge in [0.15, 0.2) is 0 Å². The smallest absolute Gasteiger partial charge is 0.253 e. The number of amides is 1. The molecule has 0 atom stereocenters. The normalized spacial score (nSPS) is 17.7. The molecule has 4 heteroatoms. The van der Waals surface area contributed by atoms with Crippen molar-refractivity contribution in [1.82, 2.24) is 4.90 Å². The van der Waals surface area contributed by atoms with Crippen molar-refractivity contribution in [3.05, 3.63) is 58.3 Å². The van der Waals surface area contributed by atoms with E-state index in [2.05, 4.69) is 17.5 Å². The van der Waals surface area contributed by atoms with Gasteiger partial charge in [0.05, 0.1) is 0 Å². The molecular formula is C17H20N2OS. The van der Waals surface area contributed by atoms with Crippen LogP contribution in [0.3, 0.4) is 0 Å². The average Bonchev–Trinajstić information content (AvgIpc) is 3.10. The summed E-state index contributed by atoms with van der Waals surface area (Å²) in [7, 11) is 0. The Morgan fingerprint density at radius 2 is 1.86 bits per heavy atom. The van der Waals surface area contributed by atoms with E-state index in [1.807, 2.05) is 35.2 Å². The van der Waals surface area contributed by atoms with Gasteiger partial charge in [0.1, 0.15) is 0 Å². The molecule has 110 valence electrons. The highest BCUT2D eigenvalue weighted by Crippen LogP contribution is 2.37. The topological polar surface area (TPSA) is 46.3 Å². The Kier molecular flexibility index (Phi) is 4.08. The van der Waals surface area contributed by atoms with E-state index in [1.165, 1.54) is 4.88 Å². The zero-order valence-electron chi connectivity index (χ0n) is 12.0. The van der Waals surface area contributed by atoms with E-state index >= 15 is 0 Å². The van der Waals surface area contributed by atoms with E-state index in [4.69, 9.17) is 5.73 Å². The fourth-order valence-electron chi connectivity index (χ4n) is 3.03. The number of carbonyl (C=O) groups excluding carboxylic acids is 1. The Labute approximate surface area is 129 Å². The second-order valence-electron chi connectivity index (χ2n) is 5.62. The van der Waals surface area contributed by atoms with Gasteiger partial charge in [-0.3, -0.25) is 4.79 Å². The number of carbonyl (C=O) groups is 1. The highest BCUT2D eigenvalue weighted by atomic mass is 32.1. The Morgan fingerprint density at radius 3 is 2.43 bits per heavy atom. The van der Waals surface area contributed by atoms with Crippen LogP contribution in [0.4, 0.5) is 0 Å². The van der Waals surface area contributed by atoms with Gasteiger partial charge in [-0.2, -0.15) is 0 Å². The Bertz CT molecular complexity index is 587. The van der Waals surface area contributed by atoms with Crippen LogP contribution in [-0.4, -0.2) is 30.4 Å². The molecule has 2 N–H and O–H groups in total.